The lowest BCUT2D eigenvalue weighted by Gasteiger charge is -2.17. The van der Waals surface area contributed by atoms with Gasteiger partial charge in [0.15, 0.2) is 0 Å². The monoisotopic (exact) mass is 358 g/mol. The molecule has 1 aliphatic carbocycles. The summed E-state index contributed by atoms with van der Waals surface area (Å²) in [6, 6.07) is 9.25. The van der Waals surface area contributed by atoms with Gasteiger partial charge in [0.25, 0.3) is 6.47 Å². The highest BCUT2D eigenvalue weighted by Crippen LogP contribution is 2.43. The maximum absolute atomic E-state index is 10.5. The number of aryl methyl sites for hydroxylation is 2. The Kier molecular flexibility index (Phi) is 8.18. The predicted octanol–water partition coefficient (Wildman–Crippen LogP) is 6.64. The van der Waals surface area contributed by atoms with Crippen LogP contribution in [0.1, 0.15) is 96.1 Å². The van der Waals surface area contributed by atoms with Crippen LogP contribution >= 0.6 is 0 Å². The Labute approximate surface area is 160 Å². The molecule has 2 nitrogen and oxygen atoms in total. The molecule has 0 atom stereocenters. The largest absolute Gasteiger partial charge is 0.461 e. The van der Waals surface area contributed by atoms with Gasteiger partial charge in [-0.05, 0) is 74.3 Å². The minimum absolute atomic E-state index is 0.0731. The Balaban J connectivity index is 1.54. The lowest BCUT2D eigenvalue weighted by atomic mass is 9.89. The number of hydrogen-bond acceptors (Lipinski definition) is 2. The van der Waals surface area contributed by atoms with Crippen molar-refractivity contribution in [2.45, 2.75) is 103 Å². The van der Waals surface area contributed by atoms with E-state index in [4.69, 9.17) is 4.74 Å². The van der Waals surface area contributed by atoms with Gasteiger partial charge in [-0.3, -0.25) is 4.79 Å². The second kappa shape index (κ2) is 10.1. The Morgan fingerprint density at radius 3 is 1.88 bits per heavy atom. The zero-order chi connectivity index (χ0) is 18.9. The fraction of sp³-hybridized carbons (Fsp3) is 0.708. The van der Waals surface area contributed by atoms with Crippen LogP contribution in [0, 0.1) is 5.41 Å². The van der Waals surface area contributed by atoms with Crippen LogP contribution in [0.3, 0.4) is 0 Å². The van der Waals surface area contributed by atoms with Crippen LogP contribution in [0.5, 0.6) is 0 Å². The predicted molar refractivity (Wildman–Crippen MR) is 109 cm³/mol. The molecule has 1 saturated carbocycles. The first kappa shape index (κ1) is 21.0. The molecule has 0 saturated heterocycles. The van der Waals surface area contributed by atoms with E-state index in [1.54, 1.807) is 0 Å². The maximum atomic E-state index is 10.5. The average Bonchev–Trinajstić information content (AvgIpc) is 3.34. The third kappa shape index (κ3) is 8.38. The molecule has 0 spiro atoms. The van der Waals surface area contributed by atoms with Crippen molar-refractivity contribution in [3.05, 3.63) is 35.4 Å². The second-order valence-electron chi connectivity index (χ2n) is 9.40. The maximum Gasteiger partial charge on any atom is 0.293 e. The van der Waals surface area contributed by atoms with E-state index < -0.39 is 0 Å². The molecule has 0 aromatic heterocycles. The van der Waals surface area contributed by atoms with Crippen LogP contribution in [0.25, 0.3) is 0 Å². The number of hydrogen-bond donors (Lipinski definition) is 0. The zero-order valence-electron chi connectivity index (χ0n) is 17.2. The Morgan fingerprint density at radius 2 is 1.42 bits per heavy atom. The molecule has 0 heterocycles. The van der Waals surface area contributed by atoms with Crippen LogP contribution in [0.2, 0.25) is 0 Å². The summed E-state index contributed by atoms with van der Waals surface area (Å²) in [5.41, 5.74) is 3.33. The standard InChI is InChI=1S/C24H38O2/c1-23(2,3)16-8-4-6-10-21-12-14-22(15-13-21)11-7-5-9-17-24(18-19-24)26-20-25/h12-15,20H,4-11,16-19H2,1-3H3. The van der Waals surface area contributed by atoms with Crippen LogP contribution in [-0.2, 0) is 22.4 Å². The number of carbonyl (C=O) groups is 1. The molecule has 2 heteroatoms. The molecule has 26 heavy (non-hydrogen) atoms. The summed E-state index contributed by atoms with van der Waals surface area (Å²) in [4.78, 5) is 10.5. The molecule has 2 rings (SSSR count). The lowest BCUT2D eigenvalue weighted by molar-refractivity contribution is -0.135. The van der Waals surface area contributed by atoms with Gasteiger partial charge in [0.2, 0.25) is 0 Å². The normalized spacial score (nSPS) is 15.7. The Bertz CT molecular complexity index is 520. The van der Waals surface area contributed by atoms with E-state index >= 15 is 0 Å². The SMILES string of the molecule is CC(C)(C)CCCCCc1ccc(CCCCCC2(OC=O)CC2)cc1. The van der Waals surface area contributed by atoms with Gasteiger partial charge in [0.1, 0.15) is 5.60 Å². The smallest absolute Gasteiger partial charge is 0.293 e. The number of ether oxygens (including phenoxy) is 1. The number of carbonyl (C=O) groups excluding carboxylic acids is 1. The number of rotatable bonds is 13. The Hall–Kier alpha value is -1.31. The molecule has 1 aromatic rings. The van der Waals surface area contributed by atoms with Crippen LogP contribution in [-0.4, -0.2) is 12.1 Å². The summed E-state index contributed by atoms with van der Waals surface area (Å²) in [6.45, 7) is 7.61. The summed E-state index contributed by atoms with van der Waals surface area (Å²) in [5.74, 6) is 0. The molecular formula is C24H38O2. The van der Waals surface area contributed by atoms with E-state index in [0.717, 1.165) is 25.7 Å². The van der Waals surface area contributed by atoms with Gasteiger partial charge in [-0.25, -0.2) is 0 Å². The van der Waals surface area contributed by atoms with Crippen molar-refractivity contribution in [3.8, 4) is 0 Å². The van der Waals surface area contributed by atoms with Gasteiger partial charge in [-0.1, -0.05) is 64.3 Å². The minimum Gasteiger partial charge on any atom is -0.461 e. The number of unbranched alkanes of at least 4 members (excludes halogenated alkanes) is 4. The molecule has 0 unspecified atom stereocenters. The summed E-state index contributed by atoms with van der Waals surface area (Å²) < 4.78 is 5.20. The zero-order valence-corrected chi connectivity index (χ0v) is 17.2. The van der Waals surface area contributed by atoms with E-state index in [-0.39, 0.29) is 5.60 Å². The van der Waals surface area contributed by atoms with Crippen molar-refractivity contribution in [3.63, 3.8) is 0 Å². The highest BCUT2D eigenvalue weighted by molar-refractivity contribution is 5.39. The van der Waals surface area contributed by atoms with E-state index in [0.29, 0.717) is 11.9 Å². The van der Waals surface area contributed by atoms with Gasteiger partial charge in [0, 0.05) is 0 Å². The van der Waals surface area contributed by atoms with Crippen molar-refractivity contribution in [1.82, 2.24) is 0 Å². The second-order valence-corrected chi connectivity index (χ2v) is 9.40. The minimum atomic E-state index is -0.0731. The molecule has 0 aliphatic heterocycles. The molecule has 1 fully saturated rings. The molecule has 146 valence electrons. The summed E-state index contributed by atoms with van der Waals surface area (Å²) in [7, 11) is 0. The molecule has 1 aliphatic rings. The van der Waals surface area contributed by atoms with Crippen molar-refractivity contribution in [1.29, 1.82) is 0 Å². The third-order valence-electron chi connectivity index (χ3n) is 5.62. The topological polar surface area (TPSA) is 26.3 Å². The fourth-order valence-electron chi connectivity index (χ4n) is 3.66. The summed E-state index contributed by atoms with van der Waals surface area (Å²) >= 11 is 0. The molecule has 0 radical (unpaired) electrons. The van der Waals surface area contributed by atoms with E-state index in [1.807, 2.05) is 0 Å². The van der Waals surface area contributed by atoms with Gasteiger partial charge in [0.05, 0.1) is 0 Å². The Morgan fingerprint density at radius 1 is 0.885 bits per heavy atom. The molecule has 0 N–H and O–H groups in total. The summed E-state index contributed by atoms with van der Waals surface area (Å²) in [5, 5.41) is 0. The summed E-state index contributed by atoms with van der Waals surface area (Å²) in [6.07, 6.45) is 14.5. The first-order valence-electron chi connectivity index (χ1n) is 10.6. The van der Waals surface area contributed by atoms with Crippen LogP contribution < -0.4 is 0 Å². The van der Waals surface area contributed by atoms with Gasteiger partial charge in [-0.15, -0.1) is 0 Å². The molecule has 0 amide bonds. The van der Waals surface area contributed by atoms with E-state index in [9.17, 15) is 4.79 Å². The fourth-order valence-corrected chi connectivity index (χ4v) is 3.66. The number of benzene rings is 1. The van der Waals surface area contributed by atoms with Crippen molar-refractivity contribution in [2.75, 3.05) is 0 Å². The highest BCUT2D eigenvalue weighted by Gasteiger charge is 2.44. The van der Waals surface area contributed by atoms with Gasteiger partial charge in [-0.2, -0.15) is 0 Å². The molecule has 0 bridgehead atoms. The molecule has 1 aromatic carbocycles. The molecular weight excluding hydrogens is 320 g/mol. The third-order valence-corrected chi connectivity index (χ3v) is 5.62. The van der Waals surface area contributed by atoms with Gasteiger partial charge >= 0.3 is 0 Å². The van der Waals surface area contributed by atoms with Crippen LogP contribution in [0.15, 0.2) is 24.3 Å². The lowest BCUT2D eigenvalue weighted by Crippen LogP contribution is -2.12. The first-order chi connectivity index (χ1) is 12.4. The quantitative estimate of drug-likeness (QED) is 0.292. The average molecular weight is 359 g/mol. The van der Waals surface area contributed by atoms with Crippen molar-refractivity contribution >= 4 is 6.47 Å². The van der Waals surface area contributed by atoms with E-state index in [2.05, 4.69) is 45.0 Å². The van der Waals surface area contributed by atoms with Crippen molar-refractivity contribution < 1.29 is 9.53 Å². The van der Waals surface area contributed by atoms with Crippen molar-refractivity contribution in [2.24, 2.45) is 5.41 Å². The van der Waals surface area contributed by atoms with Gasteiger partial charge < -0.3 is 4.74 Å². The first-order valence-corrected chi connectivity index (χ1v) is 10.6. The van der Waals surface area contributed by atoms with Crippen LogP contribution in [0.4, 0.5) is 0 Å². The van der Waals surface area contributed by atoms with E-state index in [1.165, 1.54) is 62.5 Å². The highest BCUT2D eigenvalue weighted by atomic mass is 16.5.